The molecule has 1 aromatic heterocycles. The number of carbonyl (C=O) groups excluding carboxylic acids is 1. The van der Waals surface area contributed by atoms with Gasteiger partial charge in [0.1, 0.15) is 0 Å². The fraction of sp³-hybridized carbons (Fsp3) is 0.214. The average molecular weight is 258 g/mol. The summed E-state index contributed by atoms with van der Waals surface area (Å²) in [6.45, 7) is 1.78. The van der Waals surface area contributed by atoms with Gasteiger partial charge in [-0.2, -0.15) is 0 Å². The Hall–Kier alpha value is -1.68. The second-order valence-electron chi connectivity index (χ2n) is 3.90. The van der Waals surface area contributed by atoms with Crippen LogP contribution in [-0.2, 0) is 4.79 Å². The van der Waals surface area contributed by atoms with Crippen LogP contribution in [0, 0.1) is 0 Å². The highest BCUT2D eigenvalue weighted by Gasteiger charge is 2.07. The Labute approximate surface area is 110 Å². The third kappa shape index (κ3) is 2.76. The van der Waals surface area contributed by atoms with E-state index in [0.717, 1.165) is 21.5 Å². The molecule has 92 valence electrons. The lowest BCUT2D eigenvalue weighted by molar-refractivity contribution is -0.115. The van der Waals surface area contributed by atoms with Crippen molar-refractivity contribution in [2.45, 2.75) is 6.92 Å². The van der Waals surface area contributed by atoms with E-state index >= 15 is 0 Å². The third-order valence-electron chi connectivity index (χ3n) is 2.51. The van der Waals surface area contributed by atoms with E-state index in [9.17, 15) is 4.79 Å². The van der Waals surface area contributed by atoms with Crippen LogP contribution in [0.5, 0.6) is 0 Å². The third-order valence-corrected chi connectivity index (χ3v) is 3.25. The summed E-state index contributed by atoms with van der Waals surface area (Å²) in [6, 6.07) is 9.89. The quantitative estimate of drug-likeness (QED) is 0.628. The summed E-state index contributed by atoms with van der Waals surface area (Å²) in [5.41, 5.74) is 1.98. The van der Waals surface area contributed by atoms with Crippen LogP contribution in [-0.4, -0.2) is 28.6 Å². The highest BCUT2D eigenvalue weighted by Crippen LogP contribution is 2.21. The van der Waals surface area contributed by atoms with Gasteiger partial charge in [-0.3, -0.25) is 14.8 Å². The van der Waals surface area contributed by atoms with Gasteiger partial charge in [-0.05, 0) is 25.3 Å². The Morgan fingerprint density at radius 1 is 1.33 bits per heavy atom. The van der Waals surface area contributed by atoms with Crippen LogP contribution in [0.2, 0.25) is 0 Å². The molecule has 3 nitrogen and oxygen atoms in total. The molecule has 18 heavy (non-hydrogen) atoms. The standard InChI is InChI=1S/C14H14N2OS/c1-10(17)9-16-14(18-2)12-5-3-7-13-11(12)6-4-8-15-13/h3-8H,9H2,1-2H3/b16-14-. The number of ketones is 1. The van der Waals surface area contributed by atoms with Gasteiger partial charge in [0.05, 0.1) is 17.1 Å². The molecule has 0 unspecified atom stereocenters. The van der Waals surface area contributed by atoms with E-state index in [4.69, 9.17) is 0 Å². The SMILES string of the molecule is CS/C(=N\CC(C)=O)c1cccc2ncccc12. The van der Waals surface area contributed by atoms with Crippen LogP contribution < -0.4 is 0 Å². The highest BCUT2D eigenvalue weighted by molar-refractivity contribution is 8.13. The largest absolute Gasteiger partial charge is 0.298 e. The zero-order chi connectivity index (χ0) is 13.0. The van der Waals surface area contributed by atoms with Gasteiger partial charge in [-0.15, -0.1) is 11.8 Å². The van der Waals surface area contributed by atoms with Crippen molar-refractivity contribution in [1.29, 1.82) is 0 Å². The molecule has 0 saturated heterocycles. The molecule has 1 aromatic carbocycles. The van der Waals surface area contributed by atoms with Crippen LogP contribution in [0.1, 0.15) is 12.5 Å². The van der Waals surface area contributed by atoms with E-state index in [1.807, 2.05) is 36.6 Å². The van der Waals surface area contributed by atoms with Crippen LogP contribution in [0.3, 0.4) is 0 Å². The maximum atomic E-state index is 11.0. The van der Waals surface area contributed by atoms with Crippen LogP contribution in [0.4, 0.5) is 0 Å². The van der Waals surface area contributed by atoms with Crippen molar-refractivity contribution >= 4 is 33.5 Å². The number of benzene rings is 1. The van der Waals surface area contributed by atoms with Gasteiger partial charge in [0.25, 0.3) is 0 Å². The number of thioether (sulfide) groups is 1. The monoisotopic (exact) mass is 258 g/mol. The van der Waals surface area contributed by atoms with Crippen LogP contribution in [0.25, 0.3) is 10.9 Å². The smallest absolute Gasteiger partial charge is 0.151 e. The Balaban J connectivity index is 2.51. The van der Waals surface area contributed by atoms with Crippen LogP contribution >= 0.6 is 11.8 Å². The number of Topliss-reactive ketones (excluding diaryl/α,β-unsaturated/α-hetero) is 1. The van der Waals surface area contributed by atoms with Crippen molar-refractivity contribution in [2.75, 3.05) is 12.8 Å². The fourth-order valence-electron chi connectivity index (χ4n) is 1.73. The molecule has 0 bridgehead atoms. The maximum absolute atomic E-state index is 11.0. The van der Waals surface area contributed by atoms with Crippen molar-refractivity contribution in [3.63, 3.8) is 0 Å². The van der Waals surface area contributed by atoms with Gasteiger partial charge in [-0.1, -0.05) is 18.2 Å². The Kier molecular flexibility index (Phi) is 4.10. The van der Waals surface area contributed by atoms with Crippen molar-refractivity contribution < 1.29 is 4.79 Å². The number of aromatic nitrogens is 1. The molecule has 0 atom stereocenters. The van der Waals surface area contributed by atoms with Gasteiger partial charge < -0.3 is 0 Å². The topological polar surface area (TPSA) is 42.3 Å². The Morgan fingerprint density at radius 2 is 2.17 bits per heavy atom. The van der Waals surface area contributed by atoms with Gasteiger partial charge >= 0.3 is 0 Å². The number of aliphatic imine (C=N–C) groups is 1. The molecule has 0 aliphatic heterocycles. The second kappa shape index (κ2) is 5.78. The fourth-order valence-corrected chi connectivity index (χ4v) is 2.32. The minimum atomic E-state index is 0.0694. The molecule has 4 heteroatoms. The maximum Gasteiger partial charge on any atom is 0.151 e. The number of hydrogen-bond acceptors (Lipinski definition) is 4. The van der Waals surface area contributed by atoms with E-state index in [-0.39, 0.29) is 12.3 Å². The lowest BCUT2D eigenvalue weighted by atomic mass is 10.1. The van der Waals surface area contributed by atoms with Crippen LogP contribution in [0.15, 0.2) is 41.5 Å². The molecule has 0 N–H and O–H groups in total. The zero-order valence-electron chi connectivity index (χ0n) is 10.4. The second-order valence-corrected chi connectivity index (χ2v) is 4.70. The highest BCUT2D eigenvalue weighted by atomic mass is 32.2. The number of fused-ring (bicyclic) bond motifs is 1. The first-order chi connectivity index (χ1) is 8.72. The first kappa shape index (κ1) is 12.8. The molecule has 0 aliphatic rings. The molecular formula is C14H14N2OS. The normalized spacial score (nSPS) is 11.8. The molecule has 0 aliphatic carbocycles. The average Bonchev–Trinajstić information content (AvgIpc) is 2.39. The number of rotatable bonds is 3. The predicted octanol–water partition coefficient (Wildman–Crippen LogP) is 2.93. The van der Waals surface area contributed by atoms with E-state index in [0.29, 0.717) is 0 Å². The molecule has 0 fully saturated rings. The van der Waals surface area contributed by atoms with E-state index in [1.165, 1.54) is 0 Å². The molecule has 2 rings (SSSR count). The molecule has 0 amide bonds. The minimum Gasteiger partial charge on any atom is -0.298 e. The van der Waals surface area contributed by atoms with Gasteiger partial charge in [0.2, 0.25) is 0 Å². The Morgan fingerprint density at radius 3 is 2.89 bits per heavy atom. The summed E-state index contributed by atoms with van der Waals surface area (Å²) < 4.78 is 0. The van der Waals surface area contributed by atoms with E-state index < -0.39 is 0 Å². The van der Waals surface area contributed by atoms with Crippen molar-refractivity contribution in [3.05, 3.63) is 42.1 Å². The summed E-state index contributed by atoms with van der Waals surface area (Å²) in [5.74, 6) is 0.0694. The summed E-state index contributed by atoms with van der Waals surface area (Å²) in [7, 11) is 0. The summed E-state index contributed by atoms with van der Waals surface area (Å²) >= 11 is 1.55. The minimum absolute atomic E-state index is 0.0694. The molecule has 1 heterocycles. The van der Waals surface area contributed by atoms with Gasteiger partial charge in [-0.25, -0.2) is 0 Å². The number of nitrogens with zero attached hydrogens (tertiary/aromatic N) is 2. The molecule has 0 radical (unpaired) electrons. The van der Waals surface area contributed by atoms with Gasteiger partial charge in [0.15, 0.2) is 5.78 Å². The van der Waals surface area contributed by atoms with Crippen molar-refractivity contribution in [3.8, 4) is 0 Å². The summed E-state index contributed by atoms with van der Waals surface area (Å²) in [4.78, 5) is 19.7. The van der Waals surface area contributed by atoms with E-state index in [2.05, 4.69) is 9.98 Å². The lowest BCUT2D eigenvalue weighted by Crippen LogP contribution is -2.02. The van der Waals surface area contributed by atoms with Gasteiger partial charge in [0, 0.05) is 17.1 Å². The summed E-state index contributed by atoms with van der Waals surface area (Å²) in [5, 5.41) is 1.94. The number of pyridine rings is 1. The first-order valence-electron chi connectivity index (χ1n) is 5.64. The number of hydrogen-bond donors (Lipinski definition) is 0. The molecule has 0 spiro atoms. The van der Waals surface area contributed by atoms with E-state index in [1.54, 1.807) is 24.9 Å². The number of carbonyl (C=O) groups is 1. The van der Waals surface area contributed by atoms with Crippen molar-refractivity contribution in [2.24, 2.45) is 4.99 Å². The molecule has 0 saturated carbocycles. The summed E-state index contributed by atoms with van der Waals surface area (Å²) in [6.07, 6.45) is 3.74. The predicted molar refractivity (Wildman–Crippen MR) is 77.3 cm³/mol. The Bertz CT molecular complexity index is 602. The van der Waals surface area contributed by atoms with Crippen molar-refractivity contribution in [1.82, 2.24) is 4.98 Å². The zero-order valence-corrected chi connectivity index (χ0v) is 11.2. The first-order valence-corrected chi connectivity index (χ1v) is 6.87. The molecular weight excluding hydrogens is 244 g/mol. The molecule has 2 aromatic rings. The lowest BCUT2D eigenvalue weighted by Gasteiger charge is -2.07.